The summed E-state index contributed by atoms with van der Waals surface area (Å²) in [5.74, 6) is -0.516. The highest BCUT2D eigenvalue weighted by atomic mass is 35.5. The fraction of sp³-hybridized carbons (Fsp3) is 0.348. The van der Waals surface area contributed by atoms with Crippen LogP contribution in [-0.2, 0) is 16.0 Å². The molecule has 1 aromatic carbocycles. The van der Waals surface area contributed by atoms with Crippen LogP contribution in [0.2, 0.25) is 5.02 Å². The monoisotopic (exact) mass is 462 g/mol. The zero-order valence-corrected chi connectivity index (χ0v) is 18.8. The van der Waals surface area contributed by atoms with E-state index in [-0.39, 0.29) is 29.9 Å². The standard InChI is InChI=1S/C23H24ClFN2O5/c1-4-5-8-31-23(29)20(11-16-9-14(2)26-32-16)27-13-21(30-3)18(12-22(27)28)17-10-15(24)6-7-19(17)25/h6-7,9-10,12-13,20H,4-5,8,11H2,1-3H3. The van der Waals surface area contributed by atoms with E-state index in [0.717, 1.165) is 6.42 Å². The number of nitrogens with zero attached hydrogens (tertiary/aromatic N) is 2. The number of rotatable bonds is 9. The first-order valence-corrected chi connectivity index (χ1v) is 10.6. The summed E-state index contributed by atoms with van der Waals surface area (Å²) in [5, 5.41) is 4.14. The van der Waals surface area contributed by atoms with E-state index in [4.69, 9.17) is 25.6 Å². The van der Waals surface area contributed by atoms with Crippen molar-refractivity contribution in [3.63, 3.8) is 0 Å². The van der Waals surface area contributed by atoms with Crippen LogP contribution in [0.5, 0.6) is 5.75 Å². The van der Waals surface area contributed by atoms with E-state index in [9.17, 15) is 14.0 Å². The third-order valence-electron chi connectivity index (χ3n) is 4.90. The van der Waals surface area contributed by atoms with Crippen LogP contribution in [0.3, 0.4) is 0 Å². The molecule has 0 radical (unpaired) electrons. The molecule has 0 amide bonds. The third kappa shape index (κ3) is 5.37. The molecule has 9 heteroatoms. The van der Waals surface area contributed by atoms with Crippen LogP contribution in [0.1, 0.15) is 37.3 Å². The number of ether oxygens (including phenoxy) is 2. The number of methoxy groups -OCH3 is 1. The van der Waals surface area contributed by atoms with E-state index in [2.05, 4.69) is 5.16 Å². The van der Waals surface area contributed by atoms with Gasteiger partial charge in [-0.05, 0) is 31.5 Å². The lowest BCUT2D eigenvalue weighted by Gasteiger charge is -2.20. The summed E-state index contributed by atoms with van der Waals surface area (Å²) in [6, 6.07) is 5.92. The highest BCUT2D eigenvalue weighted by Crippen LogP contribution is 2.33. The summed E-state index contributed by atoms with van der Waals surface area (Å²) in [4.78, 5) is 25.9. The lowest BCUT2D eigenvalue weighted by molar-refractivity contribution is -0.148. The van der Waals surface area contributed by atoms with Crippen LogP contribution in [0, 0.1) is 12.7 Å². The number of esters is 1. The maximum atomic E-state index is 14.4. The number of aromatic nitrogens is 2. The zero-order chi connectivity index (χ0) is 23.3. The molecule has 0 saturated heterocycles. The molecule has 1 unspecified atom stereocenters. The molecule has 0 bridgehead atoms. The molecule has 0 fully saturated rings. The Kier molecular flexibility index (Phi) is 7.69. The smallest absolute Gasteiger partial charge is 0.329 e. The minimum absolute atomic E-state index is 0.0553. The first-order chi connectivity index (χ1) is 15.3. The highest BCUT2D eigenvalue weighted by molar-refractivity contribution is 6.30. The number of hydrogen-bond acceptors (Lipinski definition) is 6. The number of carbonyl (C=O) groups excluding carboxylic acids is 1. The van der Waals surface area contributed by atoms with Crippen molar-refractivity contribution < 1.29 is 23.2 Å². The SMILES string of the molecule is CCCCOC(=O)C(Cc1cc(C)no1)n1cc(OC)c(-c2cc(Cl)ccc2F)cc1=O. The Hall–Kier alpha value is -3.13. The normalized spacial score (nSPS) is 11.9. The van der Waals surface area contributed by atoms with Crippen molar-refractivity contribution >= 4 is 17.6 Å². The first kappa shape index (κ1) is 23.5. The van der Waals surface area contributed by atoms with Gasteiger partial charge < -0.3 is 14.0 Å². The van der Waals surface area contributed by atoms with Gasteiger partial charge in [0.25, 0.3) is 5.56 Å². The van der Waals surface area contributed by atoms with E-state index in [1.54, 1.807) is 13.0 Å². The van der Waals surface area contributed by atoms with Gasteiger partial charge in [0, 0.05) is 34.7 Å². The minimum Gasteiger partial charge on any atom is -0.495 e. The summed E-state index contributed by atoms with van der Waals surface area (Å²) in [5.41, 5.74) is 0.456. The van der Waals surface area contributed by atoms with Gasteiger partial charge in [0.15, 0.2) is 0 Å². The van der Waals surface area contributed by atoms with Crippen LogP contribution >= 0.6 is 11.6 Å². The van der Waals surface area contributed by atoms with Gasteiger partial charge in [-0.1, -0.05) is 30.1 Å². The average Bonchev–Trinajstić information content (AvgIpc) is 3.18. The molecule has 0 N–H and O–H groups in total. The quantitative estimate of drug-likeness (QED) is 0.337. The summed E-state index contributed by atoms with van der Waals surface area (Å²) in [6.45, 7) is 3.97. The van der Waals surface area contributed by atoms with Gasteiger partial charge >= 0.3 is 5.97 Å². The maximum absolute atomic E-state index is 14.4. The summed E-state index contributed by atoms with van der Waals surface area (Å²) in [7, 11) is 1.39. The average molecular weight is 463 g/mol. The molecule has 0 aliphatic carbocycles. The van der Waals surface area contributed by atoms with E-state index in [0.29, 0.717) is 22.9 Å². The third-order valence-corrected chi connectivity index (χ3v) is 5.14. The number of unbranched alkanes of at least 4 members (excludes halogenated alkanes) is 1. The number of pyridine rings is 1. The molecule has 0 spiro atoms. The largest absolute Gasteiger partial charge is 0.495 e. The second-order valence-corrected chi connectivity index (χ2v) is 7.74. The predicted molar refractivity (Wildman–Crippen MR) is 118 cm³/mol. The van der Waals surface area contributed by atoms with Gasteiger partial charge in [-0.15, -0.1) is 0 Å². The molecule has 2 heterocycles. The lowest BCUT2D eigenvalue weighted by atomic mass is 10.0. The second-order valence-electron chi connectivity index (χ2n) is 7.30. The van der Waals surface area contributed by atoms with Crippen LogP contribution in [-0.4, -0.2) is 29.4 Å². The Balaban J connectivity index is 2.06. The topological polar surface area (TPSA) is 83.6 Å². The fourth-order valence-corrected chi connectivity index (χ4v) is 3.43. The van der Waals surface area contributed by atoms with Crippen molar-refractivity contribution in [3.05, 3.63) is 69.2 Å². The summed E-state index contributed by atoms with van der Waals surface area (Å²) >= 11 is 6.01. The molecule has 170 valence electrons. The zero-order valence-electron chi connectivity index (χ0n) is 18.1. The Morgan fingerprint density at radius 1 is 1.28 bits per heavy atom. The van der Waals surface area contributed by atoms with Crippen LogP contribution in [0.15, 0.2) is 45.8 Å². The van der Waals surface area contributed by atoms with Crippen LogP contribution in [0.25, 0.3) is 11.1 Å². The minimum atomic E-state index is -1.01. The number of halogens is 2. The molecule has 7 nitrogen and oxygen atoms in total. The summed E-state index contributed by atoms with van der Waals surface area (Å²) in [6.07, 6.45) is 2.98. The molecule has 32 heavy (non-hydrogen) atoms. The van der Waals surface area contributed by atoms with Gasteiger partial charge in [-0.25, -0.2) is 9.18 Å². The maximum Gasteiger partial charge on any atom is 0.329 e. The van der Waals surface area contributed by atoms with E-state index in [1.807, 2.05) is 6.92 Å². The van der Waals surface area contributed by atoms with Gasteiger partial charge in [-0.3, -0.25) is 9.36 Å². The Morgan fingerprint density at radius 2 is 2.06 bits per heavy atom. The number of aryl methyl sites for hydroxylation is 1. The van der Waals surface area contributed by atoms with E-state index >= 15 is 0 Å². The number of hydrogen-bond donors (Lipinski definition) is 0. The molecule has 0 aliphatic rings. The predicted octanol–water partition coefficient (Wildman–Crippen LogP) is 4.74. The molecular formula is C23H24ClFN2O5. The van der Waals surface area contributed by atoms with Crippen molar-refractivity contribution in [1.29, 1.82) is 0 Å². The van der Waals surface area contributed by atoms with Gasteiger partial charge in [0.2, 0.25) is 0 Å². The molecular weight excluding hydrogens is 439 g/mol. The fourth-order valence-electron chi connectivity index (χ4n) is 3.26. The molecule has 0 saturated carbocycles. The van der Waals surface area contributed by atoms with Crippen molar-refractivity contribution in [2.45, 2.75) is 39.2 Å². The molecule has 1 atom stereocenters. The Bertz CT molecular complexity index is 1160. The van der Waals surface area contributed by atoms with Crippen molar-refractivity contribution in [2.75, 3.05) is 13.7 Å². The van der Waals surface area contributed by atoms with Gasteiger partial charge in [-0.2, -0.15) is 0 Å². The van der Waals surface area contributed by atoms with Crippen molar-refractivity contribution in [3.8, 4) is 16.9 Å². The van der Waals surface area contributed by atoms with Gasteiger partial charge in [0.1, 0.15) is 23.4 Å². The molecule has 0 aliphatic heterocycles. The highest BCUT2D eigenvalue weighted by Gasteiger charge is 2.27. The van der Waals surface area contributed by atoms with Crippen molar-refractivity contribution in [2.24, 2.45) is 0 Å². The lowest BCUT2D eigenvalue weighted by Crippen LogP contribution is -2.32. The first-order valence-electron chi connectivity index (χ1n) is 10.2. The molecule has 2 aromatic heterocycles. The number of benzene rings is 1. The van der Waals surface area contributed by atoms with Crippen molar-refractivity contribution in [1.82, 2.24) is 9.72 Å². The van der Waals surface area contributed by atoms with Crippen LogP contribution < -0.4 is 10.3 Å². The Labute approximate surface area is 189 Å². The Morgan fingerprint density at radius 3 is 2.72 bits per heavy atom. The second kappa shape index (κ2) is 10.5. The molecule has 3 rings (SSSR count). The van der Waals surface area contributed by atoms with Gasteiger partial charge in [0.05, 0.1) is 25.6 Å². The molecule has 3 aromatic rings. The van der Waals surface area contributed by atoms with Crippen LogP contribution in [0.4, 0.5) is 4.39 Å². The summed E-state index contributed by atoms with van der Waals surface area (Å²) < 4.78 is 31.7. The van der Waals surface area contributed by atoms with E-state index in [1.165, 1.54) is 42.1 Å². The van der Waals surface area contributed by atoms with E-state index < -0.39 is 23.4 Å². The number of carbonyl (C=O) groups is 1.